The summed E-state index contributed by atoms with van der Waals surface area (Å²) in [6, 6.07) is 5.81. The molecule has 6 heteroatoms. The van der Waals surface area contributed by atoms with E-state index in [2.05, 4.69) is 19.9 Å². The minimum atomic E-state index is -0.296. The van der Waals surface area contributed by atoms with Crippen LogP contribution < -0.4 is 0 Å². The van der Waals surface area contributed by atoms with Crippen molar-refractivity contribution in [3.05, 3.63) is 41.9 Å². The van der Waals surface area contributed by atoms with Gasteiger partial charge in [0.1, 0.15) is 0 Å². The molecule has 6 nitrogen and oxygen atoms in total. The molecule has 2 aromatic heterocycles. The van der Waals surface area contributed by atoms with Gasteiger partial charge in [-0.3, -0.25) is 9.78 Å². The Morgan fingerprint density at radius 3 is 2.67 bits per heavy atom. The molecule has 0 radical (unpaired) electrons. The van der Waals surface area contributed by atoms with Gasteiger partial charge in [0.05, 0.1) is 31.0 Å². The number of hydrogen-bond acceptors (Lipinski definition) is 6. The molecule has 2 aromatic rings. The SMILES string of the molecule is COC(=O)Cc1cncc(-c2ccc(C3CCC(O)CC3)nn2)c1. The lowest BCUT2D eigenvalue weighted by Gasteiger charge is -2.24. The first-order valence-electron chi connectivity index (χ1n) is 8.18. The van der Waals surface area contributed by atoms with E-state index in [0.717, 1.165) is 48.2 Å². The topological polar surface area (TPSA) is 85.2 Å². The van der Waals surface area contributed by atoms with Crippen LogP contribution in [0.15, 0.2) is 30.6 Å². The second-order valence-corrected chi connectivity index (χ2v) is 6.18. The summed E-state index contributed by atoms with van der Waals surface area (Å²) >= 11 is 0. The molecule has 0 amide bonds. The maximum absolute atomic E-state index is 11.4. The lowest BCUT2D eigenvalue weighted by molar-refractivity contribution is -0.139. The summed E-state index contributed by atoms with van der Waals surface area (Å²) in [6.07, 6.45) is 6.93. The van der Waals surface area contributed by atoms with Gasteiger partial charge in [-0.1, -0.05) is 0 Å². The number of nitrogens with zero attached hydrogens (tertiary/aromatic N) is 3. The number of rotatable bonds is 4. The molecular weight excluding hydrogens is 306 g/mol. The molecule has 0 saturated heterocycles. The average molecular weight is 327 g/mol. The van der Waals surface area contributed by atoms with Crippen molar-refractivity contribution in [2.24, 2.45) is 0 Å². The Morgan fingerprint density at radius 1 is 1.21 bits per heavy atom. The van der Waals surface area contributed by atoms with Gasteiger partial charge < -0.3 is 9.84 Å². The predicted octanol–water partition coefficient (Wildman–Crippen LogP) is 2.27. The zero-order chi connectivity index (χ0) is 16.9. The Labute approximate surface area is 140 Å². The predicted molar refractivity (Wildman–Crippen MR) is 88.2 cm³/mol. The summed E-state index contributed by atoms with van der Waals surface area (Å²) < 4.78 is 4.68. The largest absolute Gasteiger partial charge is 0.469 e. The molecule has 0 unspecified atom stereocenters. The fourth-order valence-corrected chi connectivity index (χ4v) is 3.05. The Morgan fingerprint density at radius 2 is 2.00 bits per heavy atom. The number of carbonyl (C=O) groups excluding carboxylic acids is 1. The van der Waals surface area contributed by atoms with Gasteiger partial charge in [0, 0.05) is 23.9 Å². The first-order chi connectivity index (χ1) is 11.7. The van der Waals surface area contributed by atoms with Gasteiger partial charge in [0.15, 0.2) is 0 Å². The molecule has 126 valence electrons. The van der Waals surface area contributed by atoms with Crippen LogP contribution in [0.5, 0.6) is 0 Å². The molecule has 24 heavy (non-hydrogen) atoms. The van der Waals surface area contributed by atoms with Crippen molar-refractivity contribution in [2.75, 3.05) is 7.11 Å². The Bertz CT molecular complexity index is 695. The zero-order valence-electron chi connectivity index (χ0n) is 13.7. The quantitative estimate of drug-likeness (QED) is 0.867. The van der Waals surface area contributed by atoms with Gasteiger partial charge in [-0.15, -0.1) is 0 Å². The molecule has 1 saturated carbocycles. The van der Waals surface area contributed by atoms with Gasteiger partial charge in [-0.2, -0.15) is 10.2 Å². The Balaban J connectivity index is 1.73. The minimum absolute atomic E-state index is 0.169. The van der Waals surface area contributed by atoms with Crippen molar-refractivity contribution in [1.29, 1.82) is 0 Å². The molecule has 3 rings (SSSR count). The third-order valence-electron chi connectivity index (χ3n) is 4.47. The van der Waals surface area contributed by atoms with E-state index in [9.17, 15) is 9.90 Å². The summed E-state index contributed by atoms with van der Waals surface area (Å²) in [4.78, 5) is 15.5. The van der Waals surface area contributed by atoms with Gasteiger partial charge in [-0.25, -0.2) is 0 Å². The monoisotopic (exact) mass is 327 g/mol. The molecule has 0 spiro atoms. The number of aliphatic hydroxyl groups is 1. The molecule has 0 aromatic carbocycles. The number of pyridine rings is 1. The standard InChI is InChI=1S/C18H21N3O3/c1-24-18(23)9-12-8-14(11-19-10-12)17-7-6-16(20-21-17)13-2-4-15(22)5-3-13/h6-8,10-11,13,15,22H,2-5,9H2,1H3. The van der Waals surface area contributed by atoms with Crippen LogP contribution >= 0.6 is 0 Å². The summed E-state index contributed by atoms with van der Waals surface area (Å²) in [5, 5.41) is 18.3. The van der Waals surface area contributed by atoms with Crippen LogP contribution in [-0.2, 0) is 16.0 Å². The van der Waals surface area contributed by atoms with Crippen molar-refractivity contribution in [3.8, 4) is 11.3 Å². The molecule has 1 aliphatic rings. The molecule has 1 aliphatic carbocycles. The highest BCUT2D eigenvalue weighted by atomic mass is 16.5. The number of methoxy groups -OCH3 is 1. The smallest absolute Gasteiger partial charge is 0.310 e. The van der Waals surface area contributed by atoms with E-state index in [4.69, 9.17) is 0 Å². The number of carbonyl (C=O) groups is 1. The Hall–Kier alpha value is -2.34. The van der Waals surface area contributed by atoms with E-state index in [1.54, 1.807) is 12.4 Å². The van der Waals surface area contributed by atoms with E-state index in [0.29, 0.717) is 5.92 Å². The number of esters is 1. The maximum atomic E-state index is 11.4. The van der Waals surface area contributed by atoms with Crippen LogP contribution in [0.4, 0.5) is 0 Å². The van der Waals surface area contributed by atoms with Crippen LogP contribution in [0.25, 0.3) is 11.3 Å². The number of hydrogen-bond donors (Lipinski definition) is 1. The van der Waals surface area contributed by atoms with Crippen molar-refractivity contribution in [2.45, 2.75) is 44.1 Å². The molecule has 1 fully saturated rings. The van der Waals surface area contributed by atoms with Crippen molar-refractivity contribution >= 4 is 5.97 Å². The third-order valence-corrected chi connectivity index (χ3v) is 4.47. The van der Waals surface area contributed by atoms with Crippen LogP contribution in [0.1, 0.15) is 42.9 Å². The molecule has 1 N–H and O–H groups in total. The molecule has 0 aliphatic heterocycles. The minimum Gasteiger partial charge on any atom is -0.469 e. The molecular formula is C18H21N3O3. The van der Waals surface area contributed by atoms with E-state index < -0.39 is 0 Å². The highest BCUT2D eigenvalue weighted by Crippen LogP contribution is 2.32. The fraction of sp³-hybridized carbons (Fsp3) is 0.444. The van der Waals surface area contributed by atoms with Crippen LogP contribution in [0.2, 0.25) is 0 Å². The normalized spacial score (nSPS) is 20.6. The van der Waals surface area contributed by atoms with E-state index in [1.807, 2.05) is 18.2 Å². The lowest BCUT2D eigenvalue weighted by atomic mass is 9.85. The maximum Gasteiger partial charge on any atom is 0.310 e. The van der Waals surface area contributed by atoms with Crippen LogP contribution in [-0.4, -0.2) is 39.5 Å². The van der Waals surface area contributed by atoms with Gasteiger partial charge in [-0.05, 0) is 49.4 Å². The number of ether oxygens (including phenoxy) is 1. The number of aromatic nitrogens is 3. The fourth-order valence-electron chi connectivity index (χ4n) is 3.05. The molecule has 0 bridgehead atoms. The first kappa shape index (κ1) is 16.5. The summed E-state index contributed by atoms with van der Waals surface area (Å²) in [6.45, 7) is 0. The highest BCUT2D eigenvalue weighted by molar-refractivity contribution is 5.73. The van der Waals surface area contributed by atoms with E-state index in [-0.39, 0.29) is 18.5 Å². The highest BCUT2D eigenvalue weighted by Gasteiger charge is 2.22. The Kier molecular flexibility index (Phi) is 5.15. The second kappa shape index (κ2) is 7.49. The lowest BCUT2D eigenvalue weighted by Crippen LogP contribution is -2.17. The van der Waals surface area contributed by atoms with E-state index >= 15 is 0 Å². The van der Waals surface area contributed by atoms with Crippen LogP contribution in [0.3, 0.4) is 0 Å². The summed E-state index contributed by atoms with van der Waals surface area (Å²) in [5.41, 5.74) is 3.32. The zero-order valence-corrected chi connectivity index (χ0v) is 13.7. The first-order valence-corrected chi connectivity index (χ1v) is 8.18. The summed E-state index contributed by atoms with van der Waals surface area (Å²) in [5.74, 6) is 0.0774. The van der Waals surface area contributed by atoms with Crippen molar-refractivity contribution < 1.29 is 14.6 Å². The number of aliphatic hydroxyl groups excluding tert-OH is 1. The van der Waals surface area contributed by atoms with Crippen molar-refractivity contribution in [3.63, 3.8) is 0 Å². The van der Waals surface area contributed by atoms with Gasteiger partial charge >= 0.3 is 5.97 Å². The van der Waals surface area contributed by atoms with Gasteiger partial charge in [0.25, 0.3) is 0 Å². The molecule has 2 heterocycles. The van der Waals surface area contributed by atoms with Crippen molar-refractivity contribution in [1.82, 2.24) is 15.2 Å². The average Bonchev–Trinajstić information content (AvgIpc) is 2.63. The van der Waals surface area contributed by atoms with Gasteiger partial charge in [0.2, 0.25) is 0 Å². The molecule has 0 atom stereocenters. The second-order valence-electron chi connectivity index (χ2n) is 6.18. The van der Waals surface area contributed by atoms with E-state index in [1.165, 1.54) is 7.11 Å². The third kappa shape index (κ3) is 3.94. The van der Waals surface area contributed by atoms with Crippen LogP contribution in [0, 0.1) is 0 Å². The summed E-state index contributed by atoms with van der Waals surface area (Å²) in [7, 11) is 1.37.